The van der Waals surface area contributed by atoms with Gasteiger partial charge in [0.05, 0.1) is 33.7 Å². The zero-order valence-corrected chi connectivity index (χ0v) is 19.5. The van der Waals surface area contributed by atoms with Gasteiger partial charge >= 0.3 is 5.97 Å². The molecular formula is C26H24ClN3O3. The smallest absolute Gasteiger partial charge is 0.336 e. The van der Waals surface area contributed by atoms with Crippen molar-refractivity contribution in [2.75, 3.05) is 13.7 Å². The maximum Gasteiger partial charge on any atom is 0.336 e. The number of carboxylic acids is 1. The topological polar surface area (TPSA) is 69.3 Å². The summed E-state index contributed by atoms with van der Waals surface area (Å²) in [6, 6.07) is 15.8. The van der Waals surface area contributed by atoms with Crippen molar-refractivity contribution in [2.24, 2.45) is 0 Å². The minimum Gasteiger partial charge on any atom is -0.478 e. The van der Waals surface area contributed by atoms with Gasteiger partial charge in [-0.05, 0) is 61.9 Å². The van der Waals surface area contributed by atoms with E-state index in [0.717, 1.165) is 50.3 Å². The number of methoxy groups -OCH3 is 1. The monoisotopic (exact) mass is 461 g/mol. The molecule has 1 N–H and O–H groups in total. The van der Waals surface area contributed by atoms with Crippen LogP contribution in [0.4, 0.5) is 0 Å². The van der Waals surface area contributed by atoms with Gasteiger partial charge in [0.1, 0.15) is 5.82 Å². The van der Waals surface area contributed by atoms with E-state index in [1.54, 1.807) is 20.1 Å². The molecule has 7 heteroatoms. The van der Waals surface area contributed by atoms with Crippen molar-refractivity contribution in [3.8, 4) is 11.4 Å². The predicted octanol–water partition coefficient (Wildman–Crippen LogP) is 6.14. The van der Waals surface area contributed by atoms with Crippen molar-refractivity contribution in [3.05, 3.63) is 64.7 Å². The van der Waals surface area contributed by atoms with E-state index in [4.69, 9.17) is 21.3 Å². The number of hydrogen-bond donors (Lipinski definition) is 1. The first-order chi connectivity index (χ1) is 16.0. The third-order valence-electron chi connectivity index (χ3n) is 6.34. The molecule has 0 aliphatic carbocycles. The Morgan fingerprint density at radius 1 is 1.09 bits per heavy atom. The number of halogens is 1. The van der Waals surface area contributed by atoms with Crippen LogP contribution in [0.1, 0.15) is 22.8 Å². The molecule has 0 fully saturated rings. The Kier molecular flexibility index (Phi) is 5.35. The molecule has 0 unspecified atom stereocenters. The van der Waals surface area contributed by atoms with E-state index >= 15 is 0 Å². The number of aryl methyl sites for hydroxylation is 2. The number of rotatable bonds is 6. The lowest BCUT2D eigenvalue weighted by atomic mass is 10.1. The van der Waals surface area contributed by atoms with E-state index in [9.17, 15) is 9.90 Å². The molecule has 0 spiro atoms. The molecule has 6 nitrogen and oxygen atoms in total. The van der Waals surface area contributed by atoms with Gasteiger partial charge in [-0.1, -0.05) is 17.7 Å². The Bertz CT molecular complexity index is 1550. The molecule has 0 bridgehead atoms. The fraction of sp³-hybridized carbons (Fsp3) is 0.231. The molecule has 0 aliphatic rings. The molecule has 0 saturated carbocycles. The molecule has 0 atom stereocenters. The average Bonchev–Trinajstić information content (AvgIpc) is 3.33. The molecule has 0 aliphatic heterocycles. The number of benzene rings is 3. The van der Waals surface area contributed by atoms with E-state index in [2.05, 4.69) is 40.3 Å². The van der Waals surface area contributed by atoms with Gasteiger partial charge in [0.25, 0.3) is 0 Å². The second-order valence-electron chi connectivity index (χ2n) is 8.10. The third-order valence-corrected chi connectivity index (χ3v) is 6.65. The Labute approximate surface area is 196 Å². The summed E-state index contributed by atoms with van der Waals surface area (Å²) in [6.07, 6.45) is 0. The largest absolute Gasteiger partial charge is 0.478 e. The van der Waals surface area contributed by atoms with Crippen molar-refractivity contribution in [3.63, 3.8) is 0 Å². The van der Waals surface area contributed by atoms with Crippen LogP contribution in [0.5, 0.6) is 0 Å². The van der Waals surface area contributed by atoms with E-state index in [1.165, 1.54) is 0 Å². The predicted molar refractivity (Wildman–Crippen MR) is 132 cm³/mol. The minimum atomic E-state index is -0.953. The van der Waals surface area contributed by atoms with E-state index in [1.807, 2.05) is 18.2 Å². The Morgan fingerprint density at radius 3 is 2.61 bits per heavy atom. The number of fused-ring (bicyclic) bond motifs is 4. The third kappa shape index (κ3) is 3.29. The van der Waals surface area contributed by atoms with Crippen LogP contribution < -0.4 is 0 Å². The molecule has 0 radical (unpaired) electrons. The lowest BCUT2D eigenvalue weighted by molar-refractivity contribution is 0.0696. The Morgan fingerprint density at radius 2 is 1.88 bits per heavy atom. The van der Waals surface area contributed by atoms with E-state index < -0.39 is 5.97 Å². The van der Waals surface area contributed by atoms with Crippen LogP contribution in [0.25, 0.3) is 44.2 Å². The highest BCUT2D eigenvalue weighted by atomic mass is 35.5. The number of aromatic carboxylic acids is 1. The first-order valence-electron chi connectivity index (χ1n) is 10.9. The molecule has 5 rings (SSSR count). The number of carbonyl (C=O) groups is 1. The number of carboxylic acid groups (broad SMARTS) is 1. The standard InChI is InChI=1S/C26H24ClN3O3/c1-4-29-20-10-8-16(14-18(20)23-19(27)6-5-7-21(23)29)25-28-24-15(2)17(26(31)32)9-11-22(24)30(25)12-13-33-3/h5-11,14H,4,12-13H2,1-3H3,(H,31,32). The molecule has 0 saturated heterocycles. The van der Waals surface area contributed by atoms with Crippen LogP contribution in [-0.2, 0) is 17.8 Å². The van der Waals surface area contributed by atoms with Crippen LogP contribution in [0.15, 0.2) is 48.5 Å². The number of nitrogens with zero attached hydrogens (tertiary/aromatic N) is 3. The first kappa shape index (κ1) is 21.5. The molecule has 0 amide bonds. The maximum absolute atomic E-state index is 11.7. The minimum absolute atomic E-state index is 0.263. The second kappa shape index (κ2) is 8.21. The highest BCUT2D eigenvalue weighted by Gasteiger charge is 2.20. The highest BCUT2D eigenvalue weighted by Crippen LogP contribution is 2.37. The molecule has 5 aromatic rings. The summed E-state index contributed by atoms with van der Waals surface area (Å²) in [5.74, 6) is -0.176. The van der Waals surface area contributed by atoms with Crippen LogP contribution in [0.2, 0.25) is 5.02 Å². The molecule has 2 heterocycles. The number of ether oxygens (including phenoxy) is 1. The highest BCUT2D eigenvalue weighted by molar-refractivity contribution is 6.38. The summed E-state index contributed by atoms with van der Waals surface area (Å²) in [4.78, 5) is 16.6. The lowest BCUT2D eigenvalue weighted by Crippen LogP contribution is -2.06. The summed E-state index contributed by atoms with van der Waals surface area (Å²) in [5.41, 5.74) is 5.66. The zero-order chi connectivity index (χ0) is 23.3. The summed E-state index contributed by atoms with van der Waals surface area (Å²) in [6.45, 7) is 5.88. The van der Waals surface area contributed by atoms with Crippen molar-refractivity contribution in [1.82, 2.24) is 14.1 Å². The maximum atomic E-state index is 11.7. The van der Waals surface area contributed by atoms with Gasteiger partial charge in [-0.3, -0.25) is 0 Å². The SMILES string of the molecule is CCn1c2ccc(-c3nc4c(C)c(C(=O)O)ccc4n3CCOC)cc2c2c(Cl)cccc21. The Hall–Kier alpha value is -3.35. The molecular weight excluding hydrogens is 438 g/mol. The zero-order valence-electron chi connectivity index (χ0n) is 18.7. The van der Waals surface area contributed by atoms with Gasteiger partial charge in [0.2, 0.25) is 0 Å². The number of imidazole rings is 1. The Balaban J connectivity index is 1.81. The fourth-order valence-electron chi connectivity index (χ4n) is 4.77. The summed E-state index contributed by atoms with van der Waals surface area (Å²) in [5, 5.41) is 12.4. The van der Waals surface area contributed by atoms with Crippen molar-refractivity contribution < 1.29 is 14.6 Å². The normalized spacial score (nSPS) is 11.8. The van der Waals surface area contributed by atoms with Gasteiger partial charge in [-0.25, -0.2) is 9.78 Å². The van der Waals surface area contributed by atoms with E-state index in [-0.39, 0.29) is 5.56 Å². The summed E-state index contributed by atoms with van der Waals surface area (Å²) >= 11 is 6.63. The fourth-order valence-corrected chi connectivity index (χ4v) is 5.04. The second-order valence-corrected chi connectivity index (χ2v) is 8.51. The molecule has 3 aromatic carbocycles. The van der Waals surface area contributed by atoms with Gasteiger partial charge in [0, 0.05) is 42.1 Å². The first-order valence-corrected chi connectivity index (χ1v) is 11.3. The molecule has 33 heavy (non-hydrogen) atoms. The summed E-state index contributed by atoms with van der Waals surface area (Å²) < 4.78 is 9.70. The van der Waals surface area contributed by atoms with Gasteiger partial charge in [-0.15, -0.1) is 0 Å². The average molecular weight is 462 g/mol. The summed E-state index contributed by atoms with van der Waals surface area (Å²) in [7, 11) is 1.67. The van der Waals surface area contributed by atoms with Gasteiger partial charge in [0.15, 0.2) is 0 Å². The van der Waals surface area contributed by atoms with Crippen LogP contribution in [-0.4, -0.2) is 38.9 Å². The number of aromatic nitrogens is 3. The van der Waals surface area contributed by atoms with Crippen molar-refractivity contribution in [1.29, 1.82) is 0 Å². The molecule has 168 valence electrons. The van der Waals surface area contributed by atoms with Crippen molar-refractivity contribution >= 4 is 50.4 Å². The lowest BCUT2D eigenvalue weighted by Gasteiger charge is -2.10. The van der Waals surface area contributed by atoms with Gasteiger partial charge in [-0.2, -0.15) is 0 Å². The number of hydrogen-bond acceptors (Lipinski definition) is 3. The van der Waals surface area contributed by atoms with E-state index in [0.29, 0.717) is 24.2 Å². The van der Waals surface area contributed by atoms with Crippen LogP contribution in [0, 0.1) is 6.92 Å². The molecule has 2 aromatic heterocycles. The van der Waals surface area contributed by atoms with Crippen LogP contribution >= 0.6 is 11.6 Å². The van der Waals surface area contributed by atoms with Crippen LogP contribution in [0.3, 0.4) is 0 Å². The van der Waals surface area contributed by atoms with Gasteiger partial charge < -0.3 is 19.0 Å². The quantitative estimate of drug-likeness (QED) is 0.330. The van der Waals surface area contributed by atoms with Crippen molar-refractivity contribution in [2.45, 2.75) is 26.9 Å².